The summed E-state index contributed by atoms with van der Waals surface area (Å²) in [5.74, 6) is 0.810. The second-order valence-electron chi connectivity index (χ2n) is 3.13. The van der Waals surface area contributed by atoms with Gasteiger partial charge in [-0.25, -0.2) is 0 Å². The molecule has 0 aliphatic rings. The summed E-state index contributed by atoms with van der Waals surface area (Å²) in [5.41, 5.74) is 0. The van der Waals surface area contributed by atoms with E-state index in [1.807, 2.05) is 43.3 Å². The van der Waals surface area contributed by atoms with E-state index >= 15 is 0 Å². The van der Waals surface area contributed by atoms with Crippen molar-refractivity contribution in [3.63, 3.8) is 0 Å². The second kappa shape index (κ2) is 7.04. The first kappa shape index (κ1) is 11.8. The number of ether oxygens (including phenoxy) is 1. The standard InChI is InChI=1S/C12H17NO2/c1-2-12(14)13-9-6-10-15-11-7-4-3-5-8-11/h3-8,10,12-14H,2,9H2,1H3. The van der Waals surface area contributed by atoms with Crippen LogP contribution in [0.3, 0.4) is 0 Å². The smallest absolute Gasteiger partial charge is 0.126 e. The topological polar surface area (TPSA) is 41.5 Å². The predicted molar refractivity (Wildman–Crippen MR) is 60.5 cm³/mol. The van der Waals surface area contributed by atoms with E-state index in [9.17, 15) is 5.11 Å². The number of hydrogen-bond donors (Lipinski definition) is 2. The van der Waals surface area contributed by atoms with Gasteiger partial charge in [-0.15, -0.1) is 0 Å². The largest absolute Gasteiger partial charge is 0.465 e. The van der Waals surface area contributed by atoms with Gasteiger partial charge in [0, 0.05) is 6.54 Å². The van der Waals surface area contributed by atoms with Crippen LogP contribution in [0.4, 0.5) is 0 Å². The monoisotopic (exact) mass is 207 g/mol. The normalized spacial score (nSPS) is 12.9. The molecule has 3 nitrogen and oxygen atoms in total. The van der Waals surface area contributed by atoms with Gasteiger partial charge < -0.3 is 9.84 Å². The van der Waals surface area contributed by atoms with Gasteiger partial charge in [0.1, 0.15) is 12.0 Å². The fourth-order valence-electron chi connectivity index (χ4n) is 1.02. The Labute approximate surface area is 90.4 Å². The van der Waals surface area contributed by atoms with Gasteiger partial charge in [0.15, 0.2) is 0 Å². The first-order chi connectivity index (χ1) is 7.33. The Morgan fingerprint density at radius 3 is 2.80 bits per heavy atom. The Morgan fingerprint density at radius 1 is 1.40 bits per heavy atom. The van der Waals surface area contributed by atoms with Crippen molar-refractivity contribution >= 4 is 0 Å². The number of hydrogen-bond acceptors (Lipinski definition) is 3. The highest BCUT2D eigenvalue weighted by atomic mass is 16.5. The summed E-state index contributed by atoms with van der Waals surface area (Å²) in [6.07, 6.45) is 3.70. The summed E-state index contributed by atoms with van der Waals surface area (Å²) < 4.78 is 5.32. The molecule has 1 aromatic carbocycles. The molecule has 15 heavy (non-hydrogen) atoms. The Bertz CT molecular complexity index is 285. The average Bonchev–Trinajstić information content (AvgIpc) is 2.29. The highest BCUT2D eigenvalue weighted by molar-refractivity contribution is 5.21. The zero-order valence-corrected chi connectivity index (χ0v) is 8.89. The molecule has 82 valence electrons. The molecular weight excluding hydrogens is 190 g/mol. The summed E-state index contributed by atoms with van der Waals surface area (Å²) in [5, 5.41) is 12.1. The summed E-state index contributed by atoms with van der Waals surface area (Å²) in [4.78, 5) is 0. The first-order valence-corrected chi connectivity index (χ1v) is 5.11. The van der Waals surface area contributed by atoms with E-state index in [1.165, 1.54) is 0 Å². The van der Waals surface area contributed by atoms with Crippen LogP contribution in [0.1, 0.15) is 13.3 Å². The highest BCUT2D eigenvalue weighted by Gasteiger charge is 1.94. The third-order valence-corrected chi connectivity index (χ3v) is 1.90. The van der Waals surface area contributed by atoms with Crippen molar-refractivity contribution in [3.05, 3.63) is 42.7 Å². The molecule has 3 heteroatoms. The number of benzene rings is 1. The van der Waals surface area contributed by atoms with Crippen molar-refractivity contribution in [2.75, 3.05) is 6.54 Å². The minimum atomic E-state index is -0.439. The lowest BCUT2D eigenvalue weighted by Crippen LogP contribution is -2.27. The highest BCUT2D eigenvalue weighted by Crippen LogP contribution is 2.07. The molecule has 0 fully saturated rings. The molecule has 0 aliphatic heterocycles. The molecule has 0 heterocycles. The number of aliphatic hydroxyl groups is 1. The predicted octanol–water partition coefficient (Wildman–Crippen LogP) is 1.90. The quantitative estimate of drug-likeness (QED) is 0.553. The Balaban J connectivity index is 2.17. The van der Waals surface area contributed by atoms with E-state index in [2.05, 4.69) is 5.32 Å². The van der Waals surface area contributed by atoms with Crippen LogP contribution in [-0.4, -0.2) is 17.9 Å². The molecule has 0 bridgehead atoms. The van der Waals surface area contributed by atoms with Gasteiger partial charge >= 0.3 is 0 Å². The molecule has 0 spiro atoms. The molecule has 1 unspecified atom stereocenters. The summed E-state index contributed by atoms with van der Waals surface area (Å²) >= 11 is 0. The molecule has 0 aliphatic carbocycles. The van der Waals surface area contributed by atoms with E-state index < -0.39 is 6.23 Å². The lowest BCUT2D eigenvalue weighted by molar-refractivity contribution is 0.137. The number of rotatable bonds is 6. The Morgan fingerprint density at radius 2 is 2.13 bits per heavy atom. The summed E-state index contributed by atoms with van der Waals surface area (Å²) in [6, 6.07) is 9.55. The maximum atomic E-state index is 9.19. The van der Waals surface area contributed by atoms with Crippen LogP contribution in [0.2, 0.25) is 0 Å². The van der Waals surface area contributed by atoms with Crippen molar-refractivity contribution in [1.29, 1.82) is 0 Å². The molecule has 1 atom stereocenters. The van der Waals surface area contributed by atoms with Crippen LogP contribution in [-0.2, 0) is 0 Å². The van der Waals surface area contributed by atoms with Gasteiger partial charge in [-0.05, 0) is 24.6 Å². The minimum Gasteiger partial charge on any atom is -0.465 e. The molecule has 1 rings (SSSR count). The van der Waals surface area contributed by atoms with Gasteiger partial charge in [-0.2, -0.15) is 0 Å². The molecule has 0 radical (unpaired) electrons. The molecule has 2 N–H and O–H groups in total. The van der Waals surface area contributed by atoms with Crippen LogP contribution >= 0.6 is 0 Å². The fourth-order valence-corrected chi connectivity index (χ4v) is 1.02. The summed E-state index contributed by atoms with van der Waals surface area (Å²) in [7, 11) is 0. The summed E-state index contributed by atoms with van der Waals surface area (Å²) in [6.45, 7) is 2.52. The maximum absolute atomic E-state index is 9.19. The Hall–Kier alpha value is -1.32. The van der Waals surface area contributed by atoms with E-state index in [4.69, 9.17) is 4.74 Å². The number of aliphatic hydroxyl groups excluding tert-OH is 1. The van der Waals surface area contributed by atoms with E-state index in [0.717, 1.165) is 5.75 Å². The SMILES string of the molecule is CCC(O)NCC=COc1ccccc1. The zero-order valence-electron chi connectivity index (χ0n) is 8.89. The molecule has 0 amide bonds. The van der Waals surface area contributed by atoms with Gasteiger partial charge in [0.25, 0.3) is 0 Å². The van der Waals surface area contributed by atoms with Crippen LogP contribution in [0, 0.1) is 0 Å². The fraction of sp³-hybridized carbons (Fsp3) is 0.333. The minimum absolute atomic E-state index is 0.439. The second-order valence-corrected chi connectivity index (χ2v) is 3.13. The van der Waals surface area contributed by atoms with Crippen molar-refractivity contribution < 1.29 is 9.84 Å². The van der Waals surface area contributed by atoms with Gasteiger partial charge in [-0.1, -0.05) is 25.1 Å². The van der Waals surface area contributed by atoms with Gasteiger partial charge in [0.05, 0.1) is 6.26 Å². The molecule has 0 saturated carbocycles. The van der Waals surface area contributed by atoms with Crippen molar-refractivity contribution in [2.24, 2.45) is 0 Å². The van der Waals surface area contributed by atoms with Gasteiger partial charge in [-0.3, -0.25) is 5.32 Å². The van der Waals surface area contributed by atoms with Crippen molar-refractivity contribution in [1.82, 2.24) is 5.32 Å². The Kier molecular flexibility index (Phi) is 5.51. The molecule has 0 saturated heterocycles. The first-order valence-electron chi connectivity index (χ1n) is 5.11. The van der Waals surface area contributed by atoms with Crippen molar-refractivity contribution in [3.8, 4) is 5.75 Å². The number of para-hydroxylation sites is 1. The van der Waals surface area contributed by atoms with E-state index in [0.29, 0.717) is 13.0 Å². The molecule has 0 aromatic heterocycles. The van der Waals surface area contributed by atoms with Gasteiger partial charge in [0.2, 0.25) is 0 Å². The van der Waals surface area contributed by atoms with Crippen LogP contribution in [0.5, 0.6) is 5.75 Å². The number of nitrogens with one attached hydrogen (secondary N) is 1. The zero-order chi connectivity index (χ0) is 10.9. The average molecular weight is 207 g/mol. The van der Waals surface area contributed by atoms with Crippen LogP contribution in [0.25, 0.3) is 0 Å². The van der Waals surface area contributed by atoms with E-state index in [1.54, 1.807) is 6.26 Å². The van der Waals surface area contributed by atoms with Crippen molar-refractivity contribution in [2.45, 2.75) is 19.6 Å². The van der Waals surface area contributed by atoms with Crippen LogP contribution < -0.4 is 10.1 Å². The molecule has 1 aromatic rings. The van der Waals surface area contributed by atoms with E-state index in [-0.39, 0.29) is 0 Å². The van der Waals surface area contributed by atoms with Crippen LogP contribution in [0.15, 0.2) is 42.7 Å². The lowest BCUT2D eigenvalue weighted by atomic mass is 10.3. The molecular formula is C12H17NO2. The maximum Gasteiger partial charge on any atom is 0.126 e. The third-order valence-electron chi connectivity index (χ3n) is 1.90. The lowest BCUT2D eigenvalue weighted by Gasteiger charge is -2.06. The third kappa shape index (κ3) is 5.20.